The van der Waals surface area contributed by atoms with Crippen molar-refractivity contribution in [1.29, 1.82) is 0 Å². The summed E-state index contributed by atoms with van der Waals surface area (Å²) in [5, 5.41) is 3.40. The summed E-state index contributed by atoms with van der Waals surface area (Å²) in [6.07, 6.45) is 9.97. The average Bonchev–Trinajstić information content (AvgIpc) is 3.73. The second-order valence-electron chi connectivity index (χ2n) is 12.3. The number of nitrogens with zero attached hydrogens (tertiary/aromatic N) is 6. The third kappa shape index (κ3) is 5.50. The minimum absolute atomic E-state index is 0.0976. The number of carbonyl (C=O) groups is 1. The number of aromatic nitrogens is 4. The second kappa shape index (κ2) is 12.3. The number of imidazole rings is 1. The molecule has 1 N–H and O–H groups in total. The van der Waals surface area contributed by atoms with Crippen LogP contribution in [0.4, 0.5) is 23.1 Å². The van der Waals surface area contributed by atoms with Crippen LogP contribution in [0.5, 0.6) is 5.75 Å². The van der Waals surface area contributed by atoms with Crippen LogP contribution < -0.4 is 19.9 Å². The highest BCUT2D eigenvalue weighted by Crippen LogP contribution is 2.45. The molecule has 4 aliphatic rings. The fourth-order valence-corrected chi connectivity index (χ4v) is 6.90. The van der Waals surface area contributed by atoms with Crippen molar-refractivity contribution in [2.75, 3.05) is 75.0 Å². The molecule has 0 aliphatic carbocycles. The molecular weight excluding hydrogens is 562 g/mol. The number of fused-ring (bicyclic) bond motifs is 1. The Hall–Kier alpha value is -3.74. The van der Waals surface area contributed by atoms with Crippen molar-refractivity contribution >= 4 is 29.0 Å². The maximum atomic E-state index is 14.5. The van der Waals surface area contributed by atoms with Gasteiger partial charge in [-0.1, -0.05) is 0 Å². The zero-order valence-corrected chi connectivity index (χ0v) is 25.5. The summed E-state index contributed by atoms with van der Waals surface area (Å²) in [7, 11) is 1.66. The molecule has 1 unspecified atom stereocenters. The van der Waals surface area contributed by atoms with Crippen LogP contribution in [0.1, 0.15) is 37.8 Å². The van der Waals surface area contributed by atoms with Crippen molar-refractivity contribution in [1.82, 2.24) is 19.5 Å². The van der Waals surface area contributed by atoms with E-state index >= 15 is 0 Å². The number of methoxy groups -OCH3 is 1. The molecule has 12 heteroatoms. The van der Waals surface area contributed by atoms with Gasteiger partial charge in [0.2, 0.25) is 5.95 Å². The summed E-state index contributed by atoms with van der Waals surface area (Å²) in [5.41, 5.74) is 2.59. The number of amides is 1. The fourth-order valence-electron chi connectivity index (χ4n) is 6.90. The van der Waals surface area contributed by atoms with Gasteiger partial charge in [0.05, 0.1) is 37.6 Å². The Kier molecular flexibility index (Phi) is 8.13. The van der Waals surface area contributed by atoms with E-state index in [4.69, 9.17) is 28.9 Å². The lowest BCUT2D eigenvalue weighted by Crippen LogP contribution is -2.66. The first kappa shape index (κ1) is 29.0. The van der Waals surface area contributed by atoms with Crippen molar-refractivity contribution in [3.63, 3.8) is 0 Å². The van der Waals surface area contributed by atoms with Crippen LogP contribution in [0, 0.1) is 18.8 Å². The van der Waals surface area contributed by atoms with E-state index in [-0.39, 0.29) is 5.91 Å². The average molecular weight is 604 g/mol. The Balaban J connectivity index is 1.25. The SMILES string of the molecule is COc1cc(Nc2ncc3c(n2)N(CC2CCOCC2)C2(CCOC2)C(=O)N3CC2CCOCC2)ccc1-n1cnc(C)c1. The summed E-state index contributed by atoms with van der Waals surface area (Å²) in [5.74, 6) is 2.80. The van der Waals surface area contributed by atoms with E-state index in [1.165, 1.54) is 0 Å². The zero-order chi connectivity index (χ0) is 30.1. The van der Waals surface area contributed by atoms with Gasteiger partial charge in [-0.15, -0.1) is 0 Å². The van der Waals surface area contributed by atoms with Crippen LogP contribution in [0.25, 0.3) is 5.69 Å². The third-order valence-electron chi connectivity index (χ3n) is 9.45. The number of hydrogen-bond acceptors (Lipinski definition) is 10. The molecule has 12 nitrogen and oxygen atoms in total. The van der Waals surface area contributed by atoms with Crippen LogP contribution in [-0.4, -0.2) is 90.8 Å². The van der Waals surface area contributed by atoms with Crippen LogP contribution in [0.15, 0.2) is 36.9 Å². The molecule has 1 spiro atoms. The van der Waals surface area contributed by atoms with Crippen LogP contribution in [0.2, 0.25) is 0 Å². The number of rotatable bonds is 8. The second-order valence-corrected chi connectivity index (χ2v) is 12.3. The number of nitrogens with one attached hydrogen (secondary N) is 1. The van der Waals surface area contributed by atoms with E-state index in [9.17, 15) is 4.79 Å². The van der Waals surface area contributed by atoms with Gasteiger partial charge in [0, 0.05) is 70.5 Å². The highest BCUT2D eigenvalue weighted by Gasteiger charge is 2.55. The summed E-state index contributed by atoms with van der Waals surface area (Å²) in [6.45, 7) is 7.16. The normalized spacial score (nSPS) is 22.9. The van der Waals surface area contributed by atoms with Gasteiger partial charge in [0.1, 0.15) is 17.0 Å². The molecule has 3 aromatic rings. The molecule has 3 saturated heterocycles. The van der Waals surface area contributed by atoms with E-state index in [0.29, 0.717) is 49.7 Å². The smallest absolute Gasteiger partial charge is 0.255 e. The Morgan fingerprint density at radius 2 is 1.73 bits per heavy atom. The molecule has 2 aromatic heterocycles. The Bertz CT molecular complexity index is 1480. The Morgan fingerprint density at radius 1 is 0.977 bits per heavy atom. The highest BCUT2D eigenvalue weighted by molar-refractivity contribution is 6.08. The number of aryl methyl sites for hydroxylation is 1. The number of hydrogen-bond donors (Lipinski definition) is 1. The van der Waals surface area contributed by atoms with Crippen molar-refractivity contribution in [3.05, 3.63) is 42.6 Å². The lowest BCUT2D eigenvalue weighted by Gasteiger charge is -2.49. The van der Waals surface area contributed by atoms with E-state index in [2.05, 4.69) is 15.2 Å². The molecule has 7 rings (SSSR count). The predicted molar refractivity (Wildman–Crippen MR) is 165 cm³/mol. The quantitative estimate of drug-likeness (QED) is 0.407. The monoisotopic (exact) mass is 603 g/mol. The van der Waals surface area contributed by atoms with Gasteiger partial charge in [-0.05, 0) is 56.6 Å². The van der Waals surface area contributed by atoms with Crippen molar-refractivity contribution < 1.29 is 23.7 Å². The topological polar surface area (TPSA) is 116 Å². The van der Waals surface area contributed by atoms with Gasteiger partial charge < -0.3 is 38.6 Å². The summed E-state index contributed by atoms with van der Waals surface area (Å²) in [4.78, 5) is 32.9. The van der Waals surface area contributed by atoms with Gasteiger partial charge in [0.15, 0.2) is 5.82 Å². The first-order chi connectivity index (χ1) is 21.5. The van der Waals surface area contributed by atoms with Crippen molar-refractivity contribution in [2.24, 2.45) is 11.8 Å². The summed E-state index contributed by atoms with van der Waals surface area (Å²) >= 11 is 0. The molecule has 6 heterocycles. The van der Waals surface area contributed by atoms with Gasteiger partial charge in [-0.25, -0.2) is 9.97 Å². The Morgan fingerprint density at radius 3 is 2.39 bits per heavy atom. The first-order valence-corrected chi connectivity index (χ1v) is 15.7. The lowest BCUT2D eigenvalue weighted by molar-refractivity contribution is -0.124. The van der Waals surface area contributed by atoms with E-state index in [1.807, 2.05) is 40.8 Å². The molecule has 1 amide bonds. The molecule has 44 heavy (non-hydrogen) atoms. The first-order valence-electron chi connectivity index (χ1n) is 15.7. The molecule has 0 radical (unpaired) electrons. The van der Waals surface area contributed by atoms with Crippen LogP contribution >= 0.6 is 0 Å². The number of benzene rings is 1. The molecule has 1 aromatic carbocycles. The maximum absolute atomic E-state index is 14.5. The number of anilines is 4. The molecule has 1 atom stereocenters. The van der Waals surface area contributed by atoms with Crippen molar-refractivity contribution in [3.8, 4) is 11.4 Å². The van der Waals surface area contributed by atoms with Crippen molar-refractivity contribution in [2.45, 2.75) is 44.6 Å². The van der Waals surface area contributed by atoms with E-state index in [1.54, 1.807) is 19.6 Å². The minimum atomic E-state index is -0.782. The molecule has 234 valence electrons. The number of carbonyl (C=O) groups excluding carboxylic acids is 1. The van der Waals surface area contributed by atoms with Crippen LogP contribution in [-0.2, 0) is 19.0 Å². The maximum Gasteiger partial charge on any atom is 0.255 e. The molecule has 4 aliphatic heterocycles. The third-order valence-corrected chi connectivity index (χ3v) is 9.45. The highest BCUT2D eigenvalue weighted by atomic mass is 16.5. The molecule has 0 bridgehead atoms. The molecular formula is C32H41N7O5. The standard InChI is InChI=1S/C32H41N7O5/c1-22-17-37(21-34-22)26-4-3-25(15-28(26)41-2)35-31-33-16-27-29(36-31)39(19-24-7-12-43-13-8-24)32(9-14-44-20-32)30(40)38(27)18-23-5-10-42-11-6-23/h3-4,15-17,21,23-24H,5-14,18-20H2,1-2H3,(H,33,35,36). The molecule has 3 fully saturated rings. The zero-order valence-electron chi connectivity index (χ0n) is 25.5. The summed E-state index contributed by atoms with van der Waals surface area (Å²) in [6, 6.07) is 5.89. The van der Waals surface area contributed by atoms with E-state index in [0.717, 1.165) is 87.2 Å². The Labute approximate surface area is 257 Å². The van der Waals surface area contributed by atoms with Gasteiger partial charge in [-0.2, -0.15) is 4.98 Å². The fraction of sp³-hybridized carbons (Fsp3) is 0.562. The van der Waals surface area contributed by atoms with Gasteiger partial charge in [-0.3, -0.25) is 4.79 Å². The lowest BCUT2D eigenvalue weighted by atomic mass is 9.87. The summed E-state index contributed by atoms with van der Waals surface area (Å²) < 4.78 is 24.9. The largest absolute Gasteiger partial charge is 0.494 e. The van der Waals surface area contributed by atoms with E-state index < -0.39 is 5.54 Å². The minimum Gasteiger partial charge on any atom is -0.494 e. The molecule has 0 saturated carbocycles. The van der Waals surface area contributed by atoms with Gasteiger partial charge in [0.25, 0.3) is 5.91 Å². The van der Waals surface area contributed by atoms with Gasteiger partial charge >= 0.3 is 0 Å². The number of ether oxygens (including phenoxy) is 4. The van der Waals surface area contributed by atoms with Crippen LogP contribution in [0.3, 0.4) is 0 Å². The predicted octanol–water partition coefficient (Wildman–Crippen LogP) is 3.89.